The second-order valence-corrected chi connectivity index (χ2v) is 5.20. The van der Waals surface area contributed by atoms with Gasteiger partial charge in [0, 0.05) is 25.8 Å². The van der Waals surface area contributed by atoms with Crippen LogP contribution in [0.2, 0.25) is 0 Å². The van der Waals surface area contributed by atoms with Gasteiger partial charge < -0.3 is 4.90 Å². The summed E-state index contributed by atoms with van der Waals surface area (Å²) in [6, 6.07) is 0. The summed E-state index contributed by atoms with van der Waals surface area (Å²) in [6.07, 6.45) is 5.37. The highest BCUT2D eigenvalue weighted by Gasteiger charge is 2.26. The monoisotopic (exact) mass is 266 g/mol. The van der Waals surface area contributed by atoms with Crippen LogP contribution in [0.5, 0.6) is 0 Å². The van der Waals surface area contributed by atoms with Gasteiger partial charge in [-0.15, -0.1) is 5.10 Å². The minimum absolute atomic E-state index is 0.310. The zero-order valence-electron chi connectivity index (χ0n) is 11.3. The number of rotatable bonds is 3. The van der Waals surface area contributed by atoms with E-state index in [1.165, 1.54) is 0 Å². The maximum Gasteiger partial charge on any atom is 0.282 e. The number of likely N-dealkylation sites (tertiary alicyclic amines) is 1. The van der Waals surface area contributed by atoms with Gasteiger partial charge in [-0.2, -0.15) is 0 Å². The SMILES string of the molecule is CC(C)=C(F)C(=O)N1CCCC(Cn2ccnn2)C1. The van der Waals surface area contributed by atoms with Gasteiger partial charge in [0.2, 0.25) is 0 Å². The molecule has 2 rings (SSSR count). The third kappa shape index (κ3) is 3.39. The van der Waals surface area contributed by atoms with Crippen LogP contribution in [-0.4, -0.2) is 38.9 Å². The maximum absolute atomic E-state index is 13.7. The Morgan fingerprint density at radius 2 is 2.26 bits per heavy atom. The minimum atomic E-state index is -0.624. The number of nitrogens with zero attached hydrogens (tertiary/aromatic N) is 4. The Balaban J connectivity index is 1.97. The summed E-state index contributed by atoms with van der Waals surface area (Å²) in [4.78, 5) is 13.6. The van der Waals surface area contributed by atoms with Crippen molar-refractivity contribution in [3.63, 3.8) is 0 Å². The van der Waals surface area contributed by atoms with Crippen LogP contribution in [0.3, 0.4) is 0 Å². The van der Waals surface area contributed by atoms with Crippen molar-refractivity contribution in [1.29, 1.82) is 0 Å². The van der Waals surface area contributed by atoms with E-state index < -0.39 is 11.7 Å². The molecule has 1 aromatic heterocycles. The normalized spacial score (nSPS) is 19.3. The highest BCUT2D eigenvalue weighted by Crippen LogP contribution is 2.20. The summed E-state index contributed by atoms with van der Waals surface area (Å²) >= 11 is 0. The molecular formula is C13H19FN4O. The summed E-state index contributed by atoms with van der Waals surface area (Å²) < 4.78 is 15.4. The van der Waals surface area contributed by atoms with Crippen LogP contribution < -0.4 is 0 Å². The average molecular weight is 266 g/mol. The largest absolute Gasteiger partial charge is 0.336 e. The standard InChI is InChI=1S/C13H19FN4O/c1-10(2)12(14)13(19)17-6-3-4-11(8-17)9-18-7-5-15-16-18/h5,7,11H,3-4,6,8-9H2,1-2H3. The van der Waals surface area contributed by atoms with E-state index in [-0.39, 0.29) is 0 Å². The fourth-order valence-corrected chi connectivity index (χ4v) is 2.35. The number of amides is 1. The van der Waals surface area contributed by atoms with Crippen molar-refractivity contribution in [1.82, 2.24) is 19.9 Å². The Labute approximate surface area is 112 Å². The second kappa shape index (κ2) is 5.95. The van der Waals surface area contributed by atoms with Crippen molar-refractivity contribution in [2.24, 2.45) is 5.92 Å². The first-order chi connectivity index (χ1) is 9.08. The molecule has 19 heavy (non-hydrogen) atoms. The van der Waals surface area contributed by atoms with Gasteiger partial charge >= 0.3 is 0 Å². The van der Waals surface area contributed by atoms with E-state index in [0.29, 0.717) is 24.6 Å². The van der Waals surface area contributed by atoms with Crippen LogP contribution in [0, 0.1) is 5.92 Å². The molecule has 1 saturated heterocycles. The number of carbonyl (C=O) groups excluding carboxylic acids is 1. The summed E-state index contributed by atoms with van der Waals surface area (Å²) in [5.74, 6) is -0.797. The van der Waals surface area contributed by atoms with Crippen LogP contribution in [-0.2, 0) is 11.3 Å². The molecule has 1 aromatic rings. The molecular weight excluding hydrogens is 247 g/mol. The summed E-state index contributed by atoms with van der Waals surface area (Å²) in [5.41, 5.74) is 0.434. The molecule has 5 nitrogen and oxygen atoms in total. The summed E-state index contributed by atoms with van der Waals surface area (Å²) in [6.45, 7) is 5.17. The first-order valence-corrected chi connectivity index (χ1v) is 6.54. The van der Waals surface area contributed by atoms with Gasteiger partial charge in [0.25, 0.3) is 5.91 Å². The molecule has 1 atom stereocenters. The Bertz CT molecular complexity index is 465. The van der Waals surface area contributed by atoms with E-state index in [4.69, 9.17) is 0 Å². The predicted octanol–water partition coefficient (Wildman–Crippen LogP) is 1.78. The fraction of sp³-hybridized carbons (Fsp3) is 0.615. The molecule has 104 valence electrons. The van der Waals surface area contributed by atoms with Gasteiger partial charge in [-0.05, 0) is 38.2 Å². The average Bonchev–Trinajstić information content (AvgIpc) is 2.90. The first-order valence-electron chi connectivity index (χ1n) is 6.54. The summed E-state index contributed by atoms with van der Waals surface area (Å²) in [5, 5.41) is 7.68. The van der Waals surface area contributed by atoms with Gasteiger partial charge in [0.1, 0.15) is 0 Å². The van der Waals surface area contributed by atoms with Crippen LogP contribution >= 0.6 is 0 Å². The Morgan fingerprint density at radius 3 is 2.89 bits per heavy atom. The number of aromatic nitrogens is 3. The van der Waals surface area contributed by atoms with Gasteiger partial charge in [-0.3, -0.25) is 9.48 Å². The Morgan fingerprint density at radius 1 is 1.47 bits per heavy atom. The van der Waals surface area contributed by atoms with E-state index in [1.807, 2.05) is 0 Å². The van der Waals surface area contributed by atoms with Gasteiger partial charge in [-0.1, -0.05) is 5.21 Å². The molecule has 0 bridgehead atoms. The molecule has 0 spiro atoms. The topological polar surface area (TPSA) is 51.0 Å². The van der Waals surface area contributed by atoms with E-state index >= 15 is 0 Å². The van der Waals surface area contributed by atoms with Crippen LogP contribution in [0.25, 0.3) is 0 Å². The van der Waals surface area contributed by atoms with Crippen molar-refractivity contribution in [2.75, 3.05) is 13.1 Å². The predicted molar refractivity (Wildman–Crippen MR) is 68.8 cm³/mol. The maximum atomic E-state index is 13.7. The van der Waals surface area contributed by atoms with Gasteiger partial charge in [-0.25, -0.2) is 4.39 Å². The number of hydrogen-bond donors (Lipinski definition) is 0. The molecule has 0 aromatic carbocycles. The smallest absolute Gasteiger partial charge is 0.282 e. The molecule has 1 amide bonds. The van der Waals surface area contributed by atoms with Gasteiger partial charge in [0.05, 0.1) is 6.20 Å². The Hall–Kier alpha value is -1.72. The van der Waals surface area contributed by atoms with E-state index in [9.17, 15) is 9.18 Å². The molecule has 6 heteroatoms. The molecule has 0 N–H and O–H groups in total. The number of carbonyl (C=O) groups is 1. The lowest BCUT2D eigenvalue weighted by Crippen LogP contribution is -2.41. The number of allylic oxidation sites excluding steroid dienone is 1. The first kappa shape index (κ1) is 13.7. The van der Waals surface area contributed by atoms with E-state index in [1.54, 1.807) is 35.8 Å². The molecule has 1 unspecified atom stereocenters. The molecule has 0 aliphatic carbocycles. The highest BCUT2D eigenvalue weighted by molar-refractivity contribution is 5.91. The van der Waals surface area contributed by atoms with Crippen molar-refractivity contribution < 1.29 is 9.18 Å². The fourth-order valence-electron chi connectivity index (χ4n) is 2.35. The van der Waals surface area contributed by atoms with Crippen LogP contribution in [0.4, 0.5) is 4.39 Å². The molecule has 1 aliphatic rings. The second-order valence-electron chi connectivity index (χ2n) is 5.20. The van der Waals surface area contributed by atoms with Gasteiger partial charge in [0.15, 0.2) is 5.83 Å². The lowest BCUT2D eigenvalue weighted by Gasteiger charge is -2.32. The van der Waals surface area contributed by atoms with Crippen molar-refractivity contribution in [2.45, 2.75) is 33.2 Å². The summed E-state index contributed by atoms with van der Waals surface area (Å²) in [7, 11) is 0. The number of hydrogen-bond acceptors (Lipinski definition) is 3. The molecule has 2 heterocycles. The van der Waals surface area contributed by atoms with Crippen molar-refractivity contribution in [3.8, 4) is 0 Å². The number of halogens is 1. The third-order valence-electron chi connectivity index (χ3n) is 3.35. The minimum Gasteiger partial charge on any atom is -0.336 e. The zero-order chi connectivity index (χ0) is 13.8. The van der Waals surface area contributed by atoms with E-state index in [0.717, 1.165) is 19.4 Å². The van der Waals surface area contributed by atoms with Crippen LogP contribution in [0.1, 0.15) is 26.7 Å². The highest BCUT2D eigenvalue weighted by atomic mass is 19.1. The number of piperidine rings is 1. The van der Waals surface area contributed by atoms with Crippen LogP contribution in [0.15, 0.2) is 23.8 Å². The lowest BCUT2D eigenvalue weighted by molar-refractivity contribution is -0.130. The third-order valence-corrected chi connectivity index (χ3v) is 3.35. The molecule has 0 saturated carbocycles. The molecule has 0 radical (unpaired) electrons. The zero-order valence-corrected chi connectivity index (χ0v) is 11.3. The molecule has 1 aliphatic heterocycles. The molecule has 1 fully saturated rings. The Kier molecular flexibility index (Phi) is 4.29. The van der Waals surface area contributed by atoms with Crippen molar-refractivity contribution >= 4 is 5.91 Å². The quantitative estimate of drug-likeness (QED) is 0.784. The van der Waals surface area contributed by atoms with E-state index in [2.05, 4.69) is 10.3 Å². The van der Waals surface area contributed by atoms with Crippen molar-refractivity contribution in [3.05, 3.63) is 23.8 Å². The lowest BCUT2D eigenvalue weighted by atomic mass is 9.98.